The van der Waals surface area contributed by atoms with Crippen molar-refractivity contribution < 1.29 is 18.0 Å². The summed E-state index contributed by atoms with van der Waals surface area (Å²) in [4.78, 5) is 27.1. The molecule has 2 aromatic rings. The number of hydrogen-bond acceptors (Lipinski definition) is 4. The predicted octanol–water partition coefficient (Wildman–Crippen LogP) is 3.75. The first-order valence-electron chi connectivity index (χ1n) is 10.9. The van der Waals surface area contributed by atoms with E-state index in [4.69, 9.17) is 11.6 Å². The van der Waals surface area contributed by atoms with Crippen molar-refractivity contribution in [1.29, 1.82) is 0 Å². The molecule has 0 saturated heterocycles. The number of carbonyl (C=O) groups is 2. The molecule has 2 amide bonds. The van der Waals surface area contributed by atoms with Crippen LogP contribution in [0.25, 0.3) is 0 Å². The number of nitrogens with zero attached hydrogens (tertiary/aromatic N) is 2. The maximum absolute atomic E-state index is 13.1. The third-order valence-electron chi connectivity index (χ3n) is 5.20. The maximum Gasteiger partial charge on any atom is 0.242 e. The Morgan fingerprint density at radius 3 is 2.42 bits per heavy atom. The lowest BCUT2D eigenvalue weighted by molar-refractivity contribution is -0.140. The SMILES string of the molecule is CCNC(=O)C(C)N(Cc1cccc(Cl)c1)C(=O)CCCN(c1cccc(C)c1)S(C)(=O)=O. The van der Waals surface area contributed by atoms with E-state index in [1.807, 2.05) is 26.0 Å². The summed E-state index contributed by atoms with van der Waals surface area (Å²) < 4.78 is 26.0. The number of hydrogen-bond donors (Lipinski definition) is 1. The van der Waals surface area contributed by atoms with Gasteiger partial charge in [0.05, 0.1) is 11.9 Å². The van der Waals surface area contributed by atoms with E-state index in [9.17, 15) is 18.0 Å². The van der Waals surface area contributed by atoms with Crippen molar-refractivity contribution >= 4 is 39.1 Å². The second kappa shape index (κ2) is 12.0. The molecule has 0 radical (unpaired) electrons. The Morgan fingerprint density at radius 1 is 1.12 bits per heavy atom. The average Bonchev–Trinajstić information content (AvgIpc) is 2.73. The molecule has 180 valence electrons. The van der Waals surface area contributed by atoms with Crippen LogP contribution in [0.3, 0.4) is 0 Å². The molecule has 0 fully saturated rings. The molecule has 7 nitrogen and oxygen atoms in total. The number of rotatable bonds is 11. The third kappa shape index (κ3) is 8.05. The predicted molar refractivity (Wildman–Crippen MR) is 133 cm³/mol. The van der Waals surface area contributed by atoms with Gasteiger partial charge in [-0.2, -0.15) is 0 Å². The Hall–Kier alpha value is -2.58. The van der Waals surface area contributed by atoms with Gasteiger partial charge in [-0.1, -0.05) is 35.9 Å². The highest BCUT2D eigenvalue weighted by Gasteiger charge is 2.26. The fraction of sp³-hybridized carbons (Fsp3) is 0.417. The Labute approximate surface area is 201 Å². The van der Waals surface area contributed by atoms with E-state index in [0.29, 0.717) is 23.7 Å². The van der Waals surface area contributed by atoms with Crippen molar-refractivity contribution in [2.75, 3.05) is 23.7 Å². The van der Waals surface area contributed by atoms with Gasteiger partial charge in [-0.05, 0) is 62.6 Å². The molecule has 0 bridgehead atoms. The van der Waals surface area contributed by atoms with Gasteiger partial charge in [0.1, 0.15) is 6.04 Å². The fourth-order valence-electron chi connectivity index (χ4n) is 3.52. The van der Waals surface area contributed by atoms with E-state index >= 15 is 0 Å². The molecule has 1 N–H and O–H groups in total. The van der Waals surface area contributed by atoms with E-state index < -0.39 is 16.1 Å². The lowest BCUT2D eigenvalue weighted by atomic mass is 10.1. The van der Waals surface area contributed by atoms with Crippen LogP contribution in [0.1, 0.15) is 37.8 Å². The van der Waals surface area contributed by atoms with Crippen LogP contribution in [-0.2, 0) is 26.2 Å². The summed E-state index contributed by atoms with van der Waals surface area (Å²) in [6.07, 6.45) is 1.57. The lowest BCUT2D eigenvalue weighted by Gasteiger charge is -2.29. The Balaban J connectivity index is 2.15. The zero-order valence-electron chi connectivity index (χ0n) is 19.5. The summed E-state index contributed by atoms with van der Waals surface area (Å²) >= 11 is 6.09. The van der Waals surface area contributed by atoms with Gasteiger partial charge >= 0.3 is 0 Å². The first kappa shape index (κ1) is 26.7. The summed E-state index contributed by atoms with van der Waals surface area (Å²) in [6, 6.07) is 13.7. The minimum absolute atomic E-state index is 0.0994. The van der Waals surface area contributed by atoms with Gasteiger partial charge in [0.2, 0.25) is 21.8 Å². The van der Waals surface area contributed by atoms with Gasteiger partial charge < -0.3 is 10.2 Å². The zero-order chi connectivity index (χ0) is 24.6. The van der Waals surface area contributed by atoms with Crippen molar-refractivity contribution in [3.63, 3.8) is 0 Å². The summed E-state index contributed by atoms with van der Waals surface area (Å²) in [6.45, 7) is 6.24. The van der Waals surface area contributed by atoms with Crippen LogP contribution in [0.15, 0.2) is 48.5 Å². The number of carbonyl (C=O) groups excluding carboxylic acids is 2. The molecular weight excluding hydrogens is 462 g/mol. The third-order valence-corrected chi connectivity index (χ3v) is 6.63. The highest BCUT2D eigenvalue weighted by molar-refractivity contribution is 7.92. The van der Waals surface area contributed by atoms with Crippen LogP contribution in [0.5, 0.6) is 0 Å². The molecule has 0 heterocycles. The minimum atomic E-state index is -3.51. The number of anilines is 1. The van der Waals surface area contributed by atoms with Crippen LogP contribution in [0, 0.1) is 6.92 Å². The number of amides is 2. The smallest absolute Gasteiger partial charge is 0.242 e. The van der Waals surface area contributed by atoms with Crippen molar-refractivity contribution in [2.24, 2.45) is 0 Å². The largest absolute Gasteiger partial charge is 0.355 e. The number of nitrogens with one attached hydrogen (secondary N) is 1. The fourth-order valence-corrected chi connectivity index (χ4v) is 4.69. The van der Waals surface area contributed by atoms with Crippen LogP contribution in [0.4, 0.5) is 5.69 Å². The Bertz CT molecular complexity index is 1070. The van der Waals surface area contributed by atoms with Crippen LogP contribution >= 0.6 is 11.6 Å². The van der Waals surface area contributed by atoms with E-state index in [2.05, 4.69) is 5.32 Å². The second-order valence-electron chi connectivity index (χ2n) is 8.00. The van der Waals surface area contributed by atoms with Gasteiger partial charge in [0.25, 0.3) is 0 Å². The molecule has 0 spiro atoms. The standard InChI is InChI=1S/C24H32ClN3O4S/c1-5-26-24(30)19(3)27(17-20-10-7-11-21(25)16-20)23(29)13-8-14-28(33(4,31)32)22-12-6-9-18(2)15-22/h6-7,9-12,15-16,19H,5,8,13-14,17H2,1-4H3,(H,26,30). The normalized spacial score (nSPS) is 12.2. The summed E-state index contributed by atoms with van der Waals surface area (Å²) in [7, 11) is -3.51. The quantitative estimate of drug-likeness (QED) is 0.516. The van der Waals surface area contributed by atoms with Gasteiger partial charge in [-0.15, -0.1) is 0 Å². The molecular formula is C24H32ClN3O4S. The highest BCUT2D eigenvalue weighted by Crippen LogP contribution is 2.20. The van der Waals surface area contributed by atoms with Crippen molar-refractivity contribution in [2.45, 2.75) is 46.2 Å². The molecule has 0 aromatic heterocycles. The van der Waals surface area contributed by atoms with Crippen molar-refractivity contribution in [1.82, 2.24) is 10.2 Å². The van der Waals surface area contributed by atoms with Crippen LogP contribution < -0.4 is 9.62 Å². The molecule has 9 heteroatoms. The molecule has 0 aliphatic carbocycles. The molecule has 0 aliphatic heterocycles. The van der Waals surface area contributed by atoms with Crippen molar-refractivity contribution in [3.8, 4) is 0 Å². The van der Waals surface area contributed by atoms with E-state index in [1.54, 1.807) is 43.3 Å². The summed E-state index contributed by atoms with van der Waals surface area (Å²) in [5, 5.41) is 3.30. The Kier molecular flexibility index (Phi) is 9.73. The zero-order valence-corrected chi connectivity index (χ0v) is 21.1. The van der Waals surface area contributed by atoms with Crippen molar-refractivity contribution in [3.05, 3.63) is 64.7 Å². The first-order chi connectivity index (χ1) is 15.5. The first-order valence-corrected chi connectivity index (χ1v) is 13.1. The lowest BCUT2D eigenvalue weighted by Crippen LogP contribution is -2.47. The number of benzene rings is 2. The molecule has 2 aromatic carbocycles. The molecule has 0 aliphatic rings. The van der Waals surface area contributed by atoms with Crippen LogP contribution in [0.2, 0.25) is 5.02 Å². The van der Waals surface area contributed by atoms with E-state index in [-0.39, 0.29) is 31.3 Å². The molecule has 1 atom stereocenters. The Morgan fingerprint density at radius 2 is 1.82 bits per heavy atom. The maximum atomic E-state index is 13.1. The minimum Gasteiger partial charge on any atom is -0.355 e. The highest BCUT2D eigenvalue weighted by atomic mass is 35.5. The monoisotopic (exact) mass is 493 g/mol. The molecule has 2 rings (SSSR count). The summed E-state index contributed by atoms with van der Waals surface area (Å²) in [5.74, 6) is -0.475. The second-order valence-corrected chi connectivity index (χ2v) is 10.3. The van der Waals surface area contributed by atoms with Gasteiger partial charge in [-0.25, -0.2) is 8.42 Å². The van der Waals surface area contributed by atoms with E-state index in [0.717, 1.165) is 17.4 Å². The average molecular weight is 494 g/mol. The van der Waals surface area contributed by atoms with Gasteiger partial charge in [-0.3, -0.25) is 13.9 Å². The topological polar surface area (TPSA) is 86.8 Å². The van der Waals surface area contributed by atoms with Crippen LogP contribution in [-0.4, -0.2) is 50.5 Å². The van der Waals surface area contributed by atoms with E-state index in [1.165, 1.54) is 9.21 Å². The number of halogens is 1. The van der Waals surface area contributed by atoms with Gasteiger partial charge in [0, 0.05) is 31.1 Å². The molecule has 0 saturated carbocycles. The number of sulfonamides is 1. The molecule has 1 unspecified atom stereocenters. The number of likely N-dealkylation sites (N-methyl/N-ethyl adjacent to an activating group) is 1. The van der Waals surface area contributed by atoms with Gasteiger partial charge in [0.15, 0.2) is 0 Å². The summed E-state index contributed by atoms with van der Waals surface area (Å²) in [5.41, 5.74) is 2.32. The molecule has 33 heavy (non-hydrogen) atoms. The number of aryl methyl sites for hydroxylation is 1.